The van der Waals surface area contributed by atoms with Crippen LogP contribution < -0.4 is 9.62 Å². The zero-order chi connectivity index (χ0) is 26.5. The van der Waals surface area contributed by atoms with Crippen LogP contribution in [0.2, 0.25) is 0 Å². The van der Waals surface area contributed by atoms with Gasteiger partial charge in [0.25, 0.3) is 0 Å². The van der Waals surface area contributed by atoms with E-state index in [0.29, 0.717) is 17.7 Å². The van der Waals surface area contributed by atoms with E-state index >= 15 is 0 Å². The molecule has 0 aromatic heterocycles. The molecule has 1 saturated carbocycles. The van der Waals surface area contributed by atoms with E-state index in [2.05, 4.69) is 5.32 Å². The summed E-state index contributed by atoms with van der Waals surface area (Å²) >= 11 is 0. The highest BCUT2D eigenvalue weighted by molar-refractivity contribution is 7.92. The van der Waals surface area contributed by atoms with Crippen LogP contribution in [0.25, 0.3) is 0 Å². The van der Waals surface area contributed by atoms with Gasteiger partial charge in [-0.2, -0.15) is 0 Å². The van der Waals surface area contributed by atoms with E-state index in [1.54, 1.807) is 24.3 Å². The minimum Gasteiger partial charge on any atom is -0.352 e. The number of hydrogen-bond acceptors (Lipinski definition) is 4. The second-order valence-corrected chi connectivity index (χ2v) is 11.6. The summed E-state index contributed by atoms with van der Waals surface area (Å²) in [5.41, 5.74) is 2.79. The van der Waals surface area contributed by atoms with Gasteiger partial charge in [0, 0.05) is 12.6 Å². The van der Waals surface area contributed by atoms with E-state index in [4.69, 9.17) is 0 Å². The van der Waals surface area contributed by atoms with Gasteiger partial charge in [-0.05, 0) is 74.1 Å². The van der Waals surface area contributed by atoms with Crippen molar-refractivity contribution in [3.63, 3.8) is 0 Å². The maximum absolute atomic E-state index is 13.7. The number of aryl methyl sites for hydroxylation is 2. The number of benzene rings is 2. The number of sulfonamides is 1. The maximum atomic E-state index is 13.7. The van der Waals surface area contributed by atoms with Crippen molar-refractivity contribution in [1.29, 1.82) is 0 Å². The van der Waals surface area contributed by atoms with Gasteiger partial charge < -0.3 is 10.2 Å². The molecule has 2 aromatic carbocycles. The summed E-state index contributed by atoms with van der Waals surface area (Å²) in [6, 6.07) is 10.4. The fourth-order valence-electron chi connectivity index (χ4n) is 4.78. The number of hydrogen-bond donors (Lipinski definition) is 1. The molecule has 3 rings (SSSR count). The first-order valence-corrected chi connectivity index (χ1v) is 14.2. The molecule has 1 N–H and O–H groups in total. The number of nitrogens with one attached hydrogen (secondary N) is 1. The summed E-state index contributed by atoms with van der Waals surface area (Å²) in [4.78, 5) is 28.4. The Bertz CT molecular complexity index is 1160. The number of halogens is 1. The molecule has 0 saturated heterocycles. The molecule has 0 heterocycles. The van der Waals surface area contributed by atoms with Crippen LogP contribution in [0.4, 0.5) is 10.1 Å². The summed E-state index contributed by atoms with van der Waals surface area (Å²) in [6.45, 7) is 5.15. The van der Waals surface area contributed by atoms with E-state index in [1.165, 1.54) is 17.0 Å². The third-order valence-corrected chi connectivity index (χ3v) is 7.67. The smallest absolute Gasteiger partial charge is 0.244 e. The number of carbonyl (C=O) groups is 2. The second-order valence-electron chi connectivity index (χ2n) is 9.68. The van der Waals surface area contributed by atoms with Crippen molar-refractivity contribution < 1.29 is 22.4 Å². The van der Waals surface area contributed by atoms with Crippen molar-refractivity contribution in [1.82, 2.24) is 10.2 Å². The molecule has 1 aliphatic carbocycles. The largest absolute Gasteiger partial charge is 0.352 e. The van der Waals surface area contributed by atoms with Crippen LogP contribution in [-0.4, -0.2) is 50.0 Å². The van der Waals surface area contributed by atoms with Crippen LogP contribution in [0.5, 0.6) is 0 Å². The van der Waals surface area contributed by atoms with Gasteiger partial charge in [0.2, 0.25) is 21.8 Å². The molecule has 9 heteroatoms. The molecule has 1 aliphatic rings. The Hall–Kier alpha value is -2.94. The topological polar surface area (TPSA) is 86.8 Å². The molecule has 0 aliphatic heterocycles. The first-order valence-electron chi connectivity index (χ1n) is 12.4. The van der Waals surface area contributed by atoms with Crippen LogP contribution in [0.1, 0.15) is 55.7 Å². The number of anilines is 1. The summed E-state index contributed by atoms with van der Waals surface area (Å²) in [5, 5.41) is 3.07. The van der Waals surface area contributed by atoms with Crippen molar-refractivity contribution in [2.45, 2.75) is 71.5 Å². The van der Waals surface area contributed by atoms with Crippen molar-refractivity contribution in [2.24, 2.45) is 0 Å². The van der Waals surface area contributed by atoms with Crippen LogP contribution in [0, 0.1) is 19.7 Å². The van der Waals surface area contributed by atoms with E-state index in [9.17, 15) is 22.4 Å². The third kappa shape index (κ3) is 7.29. The SMILES string of the molecule is CC[C@H](C(=O)NC1CCCC1)N(Cc1ccc(F)cc1)C(=O)CN(c1cc(C)cc(C)c1)S(C)(=O)=O. The zero-order valence-corrected chi connectivity index (χ0v) is 22.3. The fourth-order valence-corrected chi connectivity index (χ4v) is 5.62. The normalized spacial score (nSPS) is 14.9. The van der Waals surface area contributed by atoms with Crippen molar-refractivity contribution in [3.8, 4) is 0 Å². The summed E-state index contributed by atoms with van der Waals surface area (Å²) < 4.78 is 40.1. The number of nitrogens with zero attached hydrogens (tertiary/aromatic N) is 2. The maximum Gasteiger partial charge on any atom is 0.244 e. The second kappa shape index (κ2) is 11.9. The molecule has 1 fully saturated rings. The molecule has 0 bridgehead atoms. The fraction of sp³-hybridized carbons (Fsp3) is 0.481. The highest BCUT2D eigenvalue weighted by Crippen LogP contribution is 2.23. The van der Waals surface area contributed by atoms with Gasteiger partial charge in [0.15, 0.2) is 0 Å². The molecular weight excluding hydrogens is 481 g/mol. The van der Waals surface area contributed by atoms with Crippen LogP contribution in [0.15, 0.2) is 42.5 Å². The monoisotopic (exact) mass is 517 g/mol. The van der Waals surface area contributed by atoms with Crippen LogP contribution >= 0.6 is 0 Å². The molecule has 2 amide bonds. The van der Waals surface area contributed by atoms with E-state index < -0.39 is 34.3 Å². The highest BCUT2D eigenvalue weighted by Gasteiger charge is 2.33. The predicted molar refractivity (Wildman–Crippen MR) is 140 cm³/mol. The molecule has 196 valence electrons. The van der Waals surface area contributed by atoms with Gasteiger partial charge in [-0.1, -0.05) is 38.0 Å². The number of carbonyl (C=O) groups excluding carboxylic acids is 2. The van der Waals surface area contributed by atoms with Crippen molar-refractivity contribution in [2.75, 3.05) is 17.1 Å². The van der Waals surface area contributed by atoms with Crippen LogP contribution in [0.3, 0.4) is 0 Å². The van der Waals surface area contributed by atoms with E-state index in [-0.39, 0.29) is 18.5 Å². The minimum atomic E-state index is -3.79. The van der Waals surface area contributed by atoms with Gasteiger partial charge in [-0.25, -0.2) is 12.8 Å². The Morgan fingerprint density at radius 1 is 1.06 bits per heavy atom. The van der Waals surface area contributed by atoms with Gasteiger partial charge in [0.1, 0.15) is 18.4 Å². The van der Waals surface area contributed by atoms with Gasteiger partial charge >= 0.3 is 0 Å². The molecule has 7 nitrogen and oxygen atoms in total. The first-order chi connectivity index (χ1) is 17.0. The van der Waals surface area contributed by atoms with Gasteiger partial charge in [0.05, 0.1) is 11.9 Å². The Morgan fingerprint density at radius 2 is 1.64 bits per heavy atom. The van der Waals surface area contributed by atoms with Gasteiger partial charge in [-0.3, -0.25) is 13.9 Å². The molecule has 0 spiro atoms. The summed E-state index contributed by atoms with van der Waals surface area (Å²) in [5.74, 6) is -1.16. The highest BCUT2D eigenvalue weighted by atomic mass is 32.2. The average molecular weight is 518 g/mol. The van der Waals surface area contributed by atoms with Crippen molar-refractivity contribution in [3.05, 3.63) is 65.0 Å². The Kier molecular flexibility index (Phi) is 9.11. The first kappa shape index (κ1) is 27.6. The zero-order valence-electron chi connectivity index (χ0n) is 21.5. The minimum absolute atomic E-state index is 0.0557. The predicted octanol–water partition coefficient (Wildman–Crippen LogP) is 4.07. The number of amides is 2. The van der Waals surface area contributed by atoms with E-state index in [1.807, 2.05) is 26.8 Å². The molecule has 0 radical (unpaired) electrons. The van der Waals surface area contributed by atoms with Crippen LogP contribution in [-0.2, 0) is 26.2 Å². The average Bonchev–Trinajstić information content (AvgIpc) is 3.30. The molecule has 1 atom stereocenters. The standard InChI is InChI=1S/C27H36FN3O4S/c1-5-25(27(33)29-23-8-6-7-9-23)30(17-21-10-12-22(28)13-11-21)26(32)18-31(36(4,34)35)24-15-19(2)14-20(3)16-24/h10-16,23,25H,5-9,17-18H2,1-4H3,(H,29,33)/t25-/m1/s1. The molecule has 0 unspecified atom stereocenters. The third-order valence-electron chi connectivity index (χ3n) is 6.53. The Morgan fingerprint density at radius 3 is 2.17 bits per heavy atom. The van der Waals surface area contributed by atoms with E-state index in [0.717, 1.165) is 47.4 Å². The van der Waals surface area contributed by atoms with Gasteiger partial charge in [-0.15, -0.1) is 0 Å². The number of rotatable bonds is 10. The Labute approximate surface area is 213 Å². The lowest BCUT2D eigenvalue weighted by molar-refractivity contribution is -0.140. The lowest BCUT2D eigenvalue weighted by atomic mass is 10.1. The molecule has 36 heavy (non-hydrogen) atoms. The molecule has 2 aromatic rings. The van der Waals surface area contributed by atoms with Crippen molar-refractivity contribution >= 4 is 27.5 Å². The molecular formula is C27H36FN3O4S. The lowest BCUT2D eigenvalue weighted by Gasteiger charge is -2.33. The Balaban J connectivity index is 1.93. The summed E-state index contributed by atoms with van der Waals surface area (Å²) in [7, 11) is -3.79. The lowest BCUT2D eigenvalue weighted by Crippen LogP contribution is -2.53. The summed E-state index contributed by atoms with van der Waals surface area (Å²) in [6.07, 6.45) is 5.34. The quantitative estimate of drug-likeness (QED) is 0.515.